The minimum absolute atomic E-state index is 0.0535. The van der Waals surface area contributed by atoms with Gasteiger partial charge in [0.25, 0.3) is 0 Å². The number of hydrogen-bond acceptors (Lipinski definition) is 3. The van der Waals surface area contributed by atoms with E-state index in [0.29, 0.717) is 17.9 Å². The number of rotatable bonds is 6. The van der Waals surface area contributed by atoms with Gasteiger partial charge < -0.3 is 10.5 Å². The third-order valence-corrected chi connectivity index (χ3v) is 5.72. The number of hydrogen-bond donors (Lipinski definition) is 1. The maximum absolute atomic E-state index is 6.61. The summed E-state index contributed by atoms with van der Waals surface area (Å²) in [7, 11) is 0. The molecule has 0 aromatic carbocycles. The first-order valence-electron chi connectivity index (χ1n) is 8.46. The van der Waals surface area contributed by atoms with Crippen LogP contribution in [0.2, 0.25) is 0 Å². The van der Waals surface area contributed by atoms with Crippen LogP contribution in [-0.4, -0.2) is 12.1 Å². The van der Waals surface area contributed by atoms with Gasteiger partial charge in [0.05, 0.1) is 12.2 Å². The Morgan fingerprint density at radius 2 is 2.14 bits per heavy atom. The maximum Gasteiger partial charge on any atom is 0.0987 e. The molecule has 1 aliphatic carbocycles. The third kappa shape index (κ3) is 4.30. The van der Waals surface area contributed by atoms with Gasteiger partial charge >= 0.3 is 0 Å². The first-order valence-corrected chi connectivity index (χ1v) is 9.40. The molecule has 2 nitrogen and oxygen atoms in total. The Balaban J connectivity index is 2.13. The van der Waals surface area contributed by atoms with Gasteiger partial charge in [-0.15, -0.1) is 0 Å². The summed E-state index contributed by atoms with van der Waals surface area (Å²) in [6.07, 6.45) is 5.18. The van der Waals surface area contributed by atoms with Crippen LogP contribution in [0.5, 0.6) is 0 Å². The zero-order chi connectivity index (χ0) is 15.4. The van der Waals surface area contributed by atoms with E-state index in [9.17, 15) is 0 Å². The summed E-state index contributed by atoms with van der Waals surface area (Å²) in [5.74, 6) is 2.13. The normalized spacial score (nSPS) is 29.5. The molecule has 1 fully saturated rings. The molecule has 3 heteroatoms. The Bertz CT molecular complexity index is 403. The van der Waals surface area contributed by atoms with Gasteiger partial charge in [0.1, 0.15) is 0 Å². The Hall–Kier alpha value is -0.380. The lowest BCUT2D eigenvalue weighted by atomic mass is 9.75. The molecule has 0 aliphatic heterocycles. The topological polar surface area (TPSA) is 35.2 Å². The highest BCUT2D eigenvalue weighted by molar-refractivity contribution is 7.07. The lowest BCUT2D eigenvalue weighted by Crippen LogP contribution is -2.39. The van der Waals surface area contributed by atoms with Crippen LogP contribution in [0, 0.1) is 17.8 Å². The monoisotopic (exact) mass is 309 g/mol. The molecule has 1 saturated carbocycles. The molecule has 1 heterocycles. The summed E-state index contributed by atoms with van der Waals surface area (Å²) in [5, 5.41) is 4.31. The quantitative estimate of drug-likeness (QED) is 0.802. The minimum Gasteiger partial charge on any atom is -0.368 e. The Morgan fingerprint density at radius 1 is 1.38 bits per heavy atom. The summed E-state index contributed by atoms with van der Waals surface area (Å²) < 4.78 is 6.61. The lowest BCUT2D eigenvalue weighted by molar-refractivity contribution is -0.0904. The Kier molecular flexibility index (Phi) is 6.27. The average Bonchev–Trinajstić information content (AvgIpc) is 2.97. The molecular weight excluding hydrogens is 278 g/mol. The molecular formula is C18H31NOS. The van der Waals surface area contributed by atoms with E-state index in [2.05, 4.69) is 44.5 Å². The van der Waals surface area contributed by atoms with E-state index in [1.54, 1.807) is 11.3 Å². The average molecular weight is 310 g/mol. The smallest absolute Gasteiger partial charge is 0.0987 e. The Labute approximate surface area is 134 Å². The molecule has 0 amide bonds. The molecule has 0 saturated heterocycles. The van der Waals surface area contributed by atoms with Crippen molar-refractivity contribution in [3.8, 4) is 0 Å². The van der Waals surface area contributed by atoms with E-state index in [0.717, 1.165) is 12.3 Å². The highest BCUT2D eigenvalue weighted by Crippen LogP contribution is 2.38. The molecule has 0 radical (unpaired) electrons. The summed E-state index contributed by atoms with van der Waals surface area (Å²) in [4.78, 5) is 0. The lowest BCUT2D eigenvalue weighted by Gasteiger charge is -2.40. The van der Waals surface area contributed by atoms with Crippen LogP contribution in [0.3, 0.4) is 0 Å². The van der Waals surface area contributed by atoms with E-state index in [4.69, 9.17) is 10.5 Å². The number of thiophene rings is 1. The molecule has 120 valence electrons. The van der Waals surface area contributed by atoms with Gasteiger partial charge in [-0.05, 0) is 59.4 Å². The second-order valence-corrected chi connectivity index (χ2v) is 7.83. The van der Waals surface area contributed by atoms with E-state index in [1.807, 2.05) is 0 Å². The molecule has 5 unspecified atom stereocenters. The molecule has 0 bridgehead atoms. The van der Waals surface area contributed by atoms with Gasteiger partial charge in [0, 0.05) is 6.04 Å². The maximum atomic E-state index is 6.61. The van der Waals surface area contributed by atoms with Crippen molar-refractivity contribution in [3.05, 3.63) is 22.4 Å². The first-order chi connectivity index (χ1) is 10.0. The van der Waals surface area contributed by atoms with Crippen LogP contribution in [0.4, 0.5) is 0 Å². The molecule has 1 aromatic rings. The van der Waals surface area contributed by atoms with Crippen LogP contribution in [0.1, 0.15) is 65.0 Å². The van der Waals surface area contributed by atoms with Gasteiger partial charge in [-0.25, -0.2) is 0 Å². The highest BCUT2D eigenvalue weighted by Gasteiger charge is 2.34. The predicted octanol–water partition coefficient (Wildman–Crippen LogP) is 5.00. The van der Waals surface area contributed by atoms with Crippen LogP contribution in [-0.2, 0) is 4.74 Å². The fourth-order valence-electron chi connectivity index (χ4n) is 3.54. The minimum atomic E-state index is 0.0535. The van der Waals surface area contributed by atoms with Crippen molar-refractivity contribution in [1.82, 2.24) is 0 Å². The van der Waals surface area contributed by atoms with Crippen LogP contribution < -0.4 is 5.73 Å². The zero-order valence-corrected chi connectivity index (χ0v) is 14.7. The molecule has 2 rings (SSSR count). The molecule has 0 spiro atoms. The second-order valence-electron chi connectivity index (χ2n) is 7.05. The van der Waals surface area contributed by atoms with E-state index >= 15 is 0 Å². The number of ether oxygens (including phenoxy) is 1. The zero-order valence-electron chi connectivity index (χ0n) is 13.9. The van der Waals surface area contributed by atoms with Crippen molar-refractivity contribution < 1.29 is 4.74 Å². The van der Waals surface area contributed by atoms with Gasteiger partial charge in [-0.1, -0.05) is 34.1 Å². The molecule has 2 N–H and O–H groups in total. The summed E-state index contributed by atoms with van der Waals surface area (Å²) >= 11 is 1.73. The van der Waals surface area contributed by atoms with Crippen LogP contribution in [0.25, 0.3) is 0 Å². The van der Waals surface area contributed by atoms with Gasteiger partial charge in [-0.2, -0.15) is 11.3 Å². The second kappa shape index (κ2) is 7.75. The van der Waals surface area contributed by atoms with E-state index in [-0.39, 0.29) is 12.1 Å². The van der Waals surface area contributed by atoms with Gasteiger partial charge in [-0.3, -0.25) is 0 Å². The van der Waals surface area contributed by atoms with Crippen molar-refractivity contribution >= 4 is 11.3 Å². The summed E-state index contributed by atoms with van der Waals surface area (Å²) in [6.45, 7) is 9.16. The van der Waals surface area contributed by atoms with Gasteiger partial charge in [0.2, 0.25) is 0 Å². The van der Waals surface area contributed by atoms with Crippen LogP contribution in [0.15, 0.2) is 16.8 Å². The fraction of sp³-hybridized carbons (Fsp3) is 0.778. The third-order valence-electron chi connectivity index (χ3n) is 5.01. The van der Waals surface area contributed by atoms with Crippen molar-refractivity contribution in [2.75, 3.05) is 0 Å². The molecule has 5 atom stereocenters. The summed E-state index contributed by atoms with van der Waals surface area (Å²) in [6, 6.07) is 2.26. The predicted molar refractivity (Wildman–Crippen MR) is 91.5 cm³/mol. The van der Waals surface area contributed by atoms with Crippen molar-refractivity contribution in [3.63, 3.8) is 0 Å². The fourth-order valence-corrected chi connectivity index (χ4v) is 4.22. The molecule has 1 aromatic heterocycles. The van der Waals surface area contributed by atoms with Crippen molar-refractivity contribution in [2.45, 2.75) is 71.6 Å². The highest BCUT2D eigenvalue weighted by atomic mass is 32.1. The van der Waals surface area contributed by atoms with Gasteiger partial charge in [0.15, 0.2) is 0 Å². The molecule has 21 heavy (non-hydrogen) atoms. The first kappa shape index (κ1) is 17.0. The standard InChI is InChI=1S/C18H31NOS/c1-5-16(19)18(14-8-9-21-11-14)20-17-10-13(4)6-7-15(17)12(2)3/h8-9,11-13,15-18H,5-7,10,19H2,1-4H3. The Morgan fingerprint density at radius 3 is 2.71 bits per heavy atom. The van der Waals surface area contributed by atoms with Crippen LogP contribution >= 0.6 is 11.3 Å². The SMILES string of the molecule is CCC(N)C(OC1CC(C)CCC1C(C)C)c1ccsc1. The number of nitrogens with two attached hydrogens (primary N) is 1. The van der Waals surface area contributed by atoms with Crippen molar-refractivity contribution in [1.29, 1.82) is 0 Å². The van der Waals surface area contributed by atoms with Crippen molar-refractivity contribution in [2.24, 2.45) is 23.5 Å². The molecule has 1 aliphatic rings. The summed E-state index contributed by atoms with van der Waals surface area (Å²) in [5.41, 5.74) is 7.62. The van der Waals surface area contributed by atoms with E-state index in [1.165, 1.54) is 24.8 Å². The largest absolute Gasteiger partial charge is 0.368 e. The van der Waals surface area contributed by atoms with E-state index < -0.39 is 0 Å².